The van der Waals surface area contributed by atoms with E-state index in [9.17, 15) is 0 Å². The van der Waals surface area contributed by atoms with E-state index >= 15 is 0 Å². The molecule has 0 bridgehead atoms. The highest BCUT2D eigenvalue weighted by Crippen LogP contribution is 2.34. The maximum atomic E-state index is 8.85. The van der Waals surface area contributed by atoms with Gasteiger partial charge in [-0.05, 0) is 31.2 Å². The molecule has 1 aromatic carbocycles. The Morgan fingerprint density at radius 1 is 1.26 bits per heavy atom. The third-order valence-electron chi connectivity index (χ3n) is 3.75. The average molecular weight is 317 g/mol. The molecule has 2 aromatic rings. The van der Waals surface area contributed by atoms with Crippen LogP contribution in [0.1, 0.15) is 18.4 Å². The Hall–Kier alpha value is -2.05. The summed E-state index contributed by atoms with van der Waals surface area (Å²) in [6.45, 7) is 3.07. The van der Waals surface area contributed by atoms with Crippen molar-refractivity contribution in [3.05, 3.63) is 30.0 Å². The molecule has 0 saturated heterocycles. The predicted molar refractivity (Wildman–Crippen MR) is 87.7 cm³/mol. The zero-order valence-electron chi connectivity index (χ0n) is 13.4. The Morgan fingerprint density at radius 2 is 2.09 bits per heavy atom. The minimum atomic E-state index is 0.203. The van der Waals surface area contributed by atoms with E-state index in [4.69, 9.17) is 14.6 Å². The van der Waals surface area contributed by atoms with E-state index in [0.717, 1.165) is 54.3 Å². The zero-order chi connectivity index (χ0) is 16.1. The monoisotopic (exact) mass is 317 g/mol. The van der Waals surface area contributed by atoms with Gasteiger partial charge in [-0.2, -0.15) is 5.10 Å². The Balaban J connectivity index is 1.82. The second-order valence-electron chi connectivity index (χ2n) is 5.64. The van der Waals surface area contributed by atoms with E-state index in [2.05, 4.69) is 10.4 Å². The first kappa shape index (κ1) is 15.8. The lowest BCUT2D eigenvalue weighted by molar-refractivity contribution is 0.286. The normalized spacial score (nSPS) is 13.8. The lowest BCUT2D eigenvalue weighted by Crippen LogP contribution is -2.15. The molecule has 6 nitrogen and oxygen atoms in total. The summed E-state index contributed by atoms with van der Waals surface area (Å²) in [7, 11) is 1.92. The summed E-state index contributed by atoms with van der Waals surface area (Å²) >= 11 is 0. The topological polar surface area (TPSA) is 68.5 Å². The van der Waals surface area contributed by atoms with Gasteiger partial charge in [0.2, 0.25) is 0 Å². The van der Waals surface area contributed by atoms with E-state index in [-0.39, 0.29) is 6.61 Å². The molecule has 0 fully saturated rings. The highest BCUT2D eigenvalue weighted by atomic mass is 16.5. The number of aromatic nitrogens is 2. The lowest BCUT2D eigenvalue weighted by Gasteiger charge is -2.09. The molecule has 0 unspecified atom stereocenters. The van der Waals surface area contributed by atoms with E-state index in [1.165, 1.54) is 0 Å². The summed E-state index contributed by atoms with van der Waals surface area (Å²) in [4.78, 5) is 0. The van der Waals surface area contributed by atoms with Gasteiger partial charge in [-0.25, -0.2) is 0 Å². The number of nitrogens with one attached hydrogen (secondary N) is 1. The minimum absolute atomic E-state index is 0.203. The summed E-state index contributed by atoms with van der Waals surface area (Å²) in [6, 6.07) is 5.97. The number of fused-ring (bicyclic) bond motifs is 1. The van der Waals surface area contributed by atoms with E-state index in [0.29, 0.717) is 13.2 Å². The van der Waals surface area contributed by atoms with Gasteiger partial charge in [0.15, 0.2) is 11.5 Å². The first-order valence-corrected chi connectivity index (χ1v) is 8.02. The maximum Gasteiger partial charge on any atom is 0.161 e. The molecule has 0 saturated carbocycles. The van der Waals surface area contributed by atoms with Crippen molar-refractivity contribution in [2.24, 2.45) is 7.05 Å². The quantitative estimate of drug-likeness (QED) is 0.794. The number of nitrogens with zero attached hydrogens (tertiary/aromatic N) is 2. The Morgan fingerprint density at radius 3 is 2.91 bits per heavy atom. The van der Waals surface area contributed by atoms with Crippen molar-refractivity contribution in [2.75, 3.05) is 26.4 Å². The molecule has 1 aliphatic heterocycles. The number of aryl methyl sites for hydroxylation is 1. The summed E-state index contributed by atoms with van der Waals surface area (Å²) in [5.41, 5.74) is 3.09. The first-order chi connectivity index (χ1) is 11.3. The van der Waals surface area contributed by atoms with Crippen LogP contribution in [0.4, 0.5) is 0 Å². The van der Waals surface area contributed by atoms with Crippen LogP contribution in [-0.2, 0) is 13.6 Å². The number of hydrogen-bond acceptors (Lipinski definition) is 5. The SMILES string of the molecule is Cn1cc(CNCCCO)c(-c2ccc3c(c2)OCCCO3)n1. The highest BCUT2D eigenvalue weighted by Gasteiger charge is 2.15. The smallest absolute Gasteiger partial charge is 0.161 e. The molecule has 1 aromatic heterocycles. The van der Waals surface area contributed by atoms with Crippen molar-refractivity contribution in [1.82, 2.24) is 15.1 Å². The van der Waals surface area contributed by atoms with Crippen LogP contribution in [0.15, 0.2) is 24.4 Å². The van der Waals surface area contributed by atoms with Crippen LogP contribution in [0.2, 0.25) is 0 Å². The van der Waals surface area contributed by atoms with E-state index in [1.54, 1.807) is 0 Å². The molecule has 2 N–H and O–H groups in total. The highest BCUT2D eigenvalue weighted by molar-refractivity contribution is 5.66. The number of aliphatic hydroxyl groups excluding tert-OH is 1. The van der Waals surface area contributed by atoms with Gasteiger partial charge >= 0.3 is 0 Å². The van der Waals surface area contributed by atoms with Gasteiger partial charge in [-0.3, -0.25) is 4.68 Å². The summed E-state index contributed by atoms with van der Waals surface area (Å²) in [5, 5.41) is 16.8. The molecule has 23 heavy (non-hydrogen) atoms. The van der Waals surface area contributed by atoms with Crippen LogP contribution < -0.4 is 14.8 Å². The van der Waals surface area contributed by atoms with Crippen LogP contribution in [0, 0.1) is 0 Å². The van der Waals surface area contributed by atoms with E-state index in [1.807, 2.05) is 36.1 Å². The third-order valence-corrected chi connectivity index (χ3v) is 3.75. The number of ether oxygens (including phenoxy) is 2. The minimum Gasteiger partial charge on any atom is -0.490 e. The van der Waals surface area contributed by atoms with Gasteiger partial charge in [-0.15, -0.1) is 0 Å². The van der Waals surface area contributed by atoms with Crippen LogP contribution in [-0.4, -0.2) is 41.3 Å². The number of benzene rings is 1. The molecule has 0 atom stereocenters. The van der Waals surface area contributed by atoms with Gasteiger partial charge in [0, 0.05) is 43.9 Å². The van der Waals surface area contributed by atoms with Crippen molar-refractivity contribution >= 4 is 0 Å². The zero-order valence-corrected chi connectivity index (χ0v) is 13.4. The van der Waals surface area contributed by atoms with Crippen molar-refractivity contribution in [1.29, 1.82) is 0 Å². The fourth-order valence-electron chi connectivity index (χ4n) is 2.65. The largest absolute Gasteiger partial charge is 0.490 e. The average Bonchev–Trinajstić information content (AvgIpc) is 2.78. The fraction of sp³-hybridized carbons (Fsp3) is 0.471. The standard InChI is InChI=1S/C17H23N3O3/c1-20-12-14(11-18-6-2-7-21)17(19-20)13-4-5-15-16(10-13)23-9-3-8-22-15/h4-5,10,12,18,21H,2-3,6-9,11H2,1H3. The fourth-order valence-corrected chi connectivity index (χ4v) is 2.65. The van der Waals surface area contributed by atoms with Gasteiger partial charge < -0.3 is 19.9 Å². The molecule has 124 valence electrons. The molecule has 0 radical (unpaired) electrons. The summed E-state index contributed by atoms with van der Waals surface area (Å²) in [6.07, 6.45) is 3.66. The van der Waals surface area contributed by atoms with Gasteiger partial charge in [0.25, 0.3) is 0 Å². The van der Waals surface area contributed by atoms with E-state index < -0.39 is 0 Å². The molecule has 0 aliphatic carbocycles. The first-order valence-electron chi connectivity index (χ1n) is 8.02. The molecule has 0 spiro atoms. The molecule has 1 aliphatic rings. The van der Waals surface area contributed by atoms with Crippen molar-refractivity contribution in [2.45, 2.75) is 19.4 Å². The maximum absolute atomic E-state index is 8.85. The molecule has 6 heteroatoms. The second-order valence-corrected chi connectivity index (χ2v) is 5.64. The molecular weight excluding hydrogens is 294 g/mol. The van der Waals surface area contributed by atoms with Crippen LogP contribution in [0.3, 0.4) is 0 Å². The number of aliphatic hydroxyl groups is 1. The van der Waals surface area contributed by atoms with Crippen LogP contribution in [0.5, 0.6) is 11.5 Å². The Kier molecular flexibility index (Phi) is 5.15. The Bertz CT molecular complexity index is 655. The second kappa shape index (κ2) is 7.48. The molecule has 3 rings (SSSR count). The predicted octanol–water partition coefficient (Wildman–Crippen LogP) is 1.72. The van der Waals surface area contributed by atoms with Gasteiger partial charge in [-0.1, -0.05) is 0 Å². The Labute approximate surface area is 136 Å². The molecular formula is C17H23N3O3. The van der Waals surface area contributed by atoms with Crippen molar-refractivity contribution < 1.29 is 14.6 Å². The number of hydrogen-bond donors (Lipinski definition) is 2. The van der Waals surface area contributed by atoms with Gasteiger partial charge in [0.1, 0.15) is 0 Å². The summed E-state index contributed by atoms with van der Waals surface area (Å²) in [5.74, 6) is 1.58. The van der Waals surface area contributed by atoms with Crippen molar-refractivity contribution in [3.8, 4) is 22.8 Å². The summed E-state index contributed by atoms with van der Waals surface area (Å²) < 4.78 is 13.3. The van der Waals surface area contributed by atoms with Crippen molar-refractivity contribution in [3.63, 3.8) is 0 Å². The molecule has 0 amide bonds. The lowest BCUT2D eigenvalue weighted by atomic mass is 10.1. The van der Waals surface area contributed by atoms with Crippen LogP contribution >= 0.6 is 0 Å². The van der Waals surface area contributed by atoms with Gasteiger partial charge in [0.05, 0.1) is 18.9 Å². The number of rotatable bonds is 6. The molecule has 2 heterocycles. The third kappa shape index (κ3) is 3.83. The van der Waals surface area contributed by atoms with Crippen LogP contribution in [0.25, 0.3) is 11.3 Å².